The van der Waals surface area contributed by atoms with Gasteiger partial charge < -0.3 is 14.8 Å². The molecule has 1 fully saturated rings. The third-order valence-corrected chi connectivity index (χ3v) is 5.51. The SMILES string of the molecule is CC(CNC(=O)c1cnn2ccc(N3CCCC3C)nc12)Cn1cc(F)ccc1=O. The van der Waals surface area contributed by atoms with Crippen molar-refractivity contribution in [2.24, 2.45) is 5.92 Å². The summed E-state index contributed by atoms with van der Waals surface area (Å²) in [4.78, 5) is 31.5. The Hall–Kier alpha value is -3.23. The molecule has 0 spiro atoms. The van der Waals surface area contributed by atoms with Crippen LogP contribution in [0.3, 0.4) is 0 Å². The van der Waals surface area contributed by atoms with Crippen molar-refractivity contribution in [1.82, 2.24) is 24.5 Å². The minimum Gasteiger partial charge on any atom is -0.354 e. The highest BCUT2D eigenvalue weighted by molar-refractivity contribution is 5.99. The van der Waals surface area contributed by atoms with Gasteiger partial charge in [-0.3, -0.25) is 9.59 Å². The largest absolute Gasteiger partial charge is 0.354 e. The average molecular weight is 412 g/mol. The highest BCUT2D eigenvalue weighted by Gasteiger charge is 2.23. The van der Waals surface area contributed by atoms with Crippen LogP contribution in [0, 0.1) is 11.7 Å². The van der Waals surface area contributed by atoms with Gasteiger partial charge in [0.05, 0.1) is 6.20 Å². The van der Waals surface area contributed by atoms with E-state index in [1.807, 2.05) is 19.2 Å². The number of amides is 1. The summed E-state index contributed by atoms with van der Waals surface area (Å²) >= 11 is 0. The summed E-state index contributed by atoms with van der Waals surface area (Å²) in [5.74, 6) is 0.0408. The van der Waals surface area contributed by atoms with Gasteiger partial charge in [0, 0.05) is 44.1 Å². The molecule has 1 amide bonds. The lowest BCUT2D eigenvalue weighted by atomic mass is 10.1. The fourth-order valence-corrected chi connectivity index (χ4v) is 3.86. The van der Waals surface area contributed by atoms with E-state index in [1.54, 1.807) is 4.52 Å². The van der Waals surface area contributed by atoms with Gasteiger partial charge in [0.25, 0.3) is 11.5 Å². The highest BCUT2D eigenvalue weighted by Crippen LogP contribution is 2.24. The molecule has 2 unspecified atom stereocenters. The molecule has 0 saturated carbocycles. The second-order valence-corrected chi connectivity index (χ2v) is 7.95. The van der Waals surface area contributed by atoms with Crippen LogP contribution in [0.1, 0.15) is 37.0 Å². The first-order valence-electron chi connectivity index (χ1n) is 10.2. The molecule has 158 valence electrons. The van der Waals surface area contributed by atoms with Crippen LogP contribution in [0.25, 0.3) is 5.65 Å². The number of halogens is 1. The number of aromatic nitrogens is 4. The number of pyridine rings is 1. The van der Waals surface area contributed by atoms with Crippen molar-refractivity contribution in [3.8, 4) is 0 Å². The molecule has 1 aliphatic rings. The van der Waals surface area contributed by atoms with Crippen LogP contribution in [-0.2, 0) is 6.54 Å². The predicted molar refractivity (Wildman–Crippen MR) is 111 cm³/mol. The van der Waals surface area contributed by atoms with E-state index in [4.69, 9.17) is 0 Å². The number of carbonyl (C=O) groups is 1. The third-order valence-electron chi connectivity index (χ3n) is 5.51. The van der Waals surface area contributed by atoms with Crippen molar-refractivity contribution >= 4 is 17.4 Å². The van der Waals surface area contributed by atoms with Crippen LogP contribution in [0.5, 0.6) is 0 Å². The van der Waals surface area contributed by atoms with Gasteiger partial charge in [-0.2, -0.15) is 5.10 Å². The molecule has 0 bridgehead atoms. The molecule has 2 atom stereocenters. The van der Waals surface area contributed by atoms with Crippen molar-refractivity contribution in [1.29, 1.82) is 0 Å². The van der Waals surface area contributed by atoms with E-state index in [2.05, 4.69) is 27.2 Å². The summed E-state index contributed by atoms with van der Waals surface area (Å²) < 4.78 is 16.3. The Labute approximate surface area is 173 Å². The molecule has 0 aromatic carbocycles. The molecule has 30 heavy (non-hydrogen) atoms. The standard InChI is InChI=1S/C21H25FN6O2/c1-14(12-26-13-16(22)5-6-19(26)29)10-23-21(30)17-11-24-28-9-7-18(25-20(17)28)27-8-3-4-15(27)2/h5-7,9,11,13-15H,3-4,8,10,12H2,1-2H3,(H,23,30). The van der Waals surface area contributed by atoms with Gasteiger partial charge in [-0.1, -0.05) is 6.92 Å². The molecule has 0 radical (unpaired) electrons. The van der Waals surface area contributed by atoms with E-state index < -0.39 is 5.82 Å². The van der Waals surface area contributed by atoms with Gasteiger partial charge in [0.1, 0.15) is 17.2 Å². The Morgan fingerprint density at radius 2 is 2.20 bits per heavy atom. The Morgan fingerprint density at radius 1 is 1.37 bits per heavy atom. The number of rotatable bonds is 6. The van der Waals surface area contributed by atoms with Crippen molar-refractivity contribution in [2.45, 2.75) is 39.3 Å². The Balaban J connectivity index is 1.45. The first kappa shape index (κ1) is 20.1. The first-order chi connectivity index (χ1) is 14.4. The number of anilines is 1. The van der Waals surface area contributed by atoms with E-state index in [-0.39, 0.29) is 17.4 Å². The number of carbonyl (C=O) groups excluding carboxylic acids is 1. The van der Waals surface area contributed by atoms with E-state index in [1.165, 1.54) is 23.0 Å². The topological polar surface area (TPSA) is 84.5 Å². The molecule has 4 rings (SSSR count). The molecule has 8 nitrogen and oxygen atoms in total. The predicted octanol–water partition coefficient (Wildman–Crippen LogP) is 2.08. The number of fused-ring (bicyclic) bond motifs is 1. The molecule has 0 aliphatic carbocycles. The van der Waals surface area contributed by atoms with Gasteiger partial charge in [-0.05, 0) is 37.8 Å². The first-order valence-corrected chi connectivity index (χ1v) is 10.2. The molecular formula is C21H25FN6O2. The maximum Gasteiger partial charge on any atom is 0.256 e. The van der Waals surface area contributed by atoms with Crippen molar-refractivity contribution < 1.29 is 9.18 Å². The van der Waals surface area contributed by atoms with Gasteiger partial charge in [-0.25, -0.2) is 13.9 Å². The average Bonchev–Trinajstić information content (AvgIpc) is 3.34. The maximum absolute atomic E-state index is 13.4. The Morgan fingerprint density at radius 3 is 2.97 bits per heavy atom. The van der Waals surface area contributed by atoms with E-state index in [0.717, 1.165) is 31.3 Å². The highest BCUT2D eigenvalue weighted by atomic mass is 19.1. The molecule has 3 aromatic rings. The van der Waals surface area contributed by atoms with E-state index >= 15 is 0 Å². The number of nitrogens with zero attached hydrogens (tertiary/aromatic N) is 5. The second-order valence-electron chi connectivity index (χ2n) is 7.95. The van der Waals surface area contributed by atoms with Crippen molar-refractivity contribution in [3.05, 3.63) is 58.5 Å². The summed E-state index contributed by atoms with van der Waals surface area (Å²) in [5.41, 5.74) is 0.641. The number of hydrogen-bond donors (Lipinski definition) is 1. The molecule has 9 heteroatoms. The zero-order valence-corrected chi connectivity index (χ0v) is 17.1. The minimum absolute atomic E-state index is 0.0655. The Bertz CT molecular complexity index is 1120. The van der Waals surface area contributed by atoms with Crippen LogP contribution >= 0.6 is 0 Å². The maximum atomic E-state index is 13.4. The molecule has 3 aromatic heterocycles. The quantitative estimate of drug-likeness (QED) is 0.670. The monoisotopic (exact) mass is 412 g/mol. The molecule has 1 saturated heterocycles. The zero-order valence-electron chi connectivity index (χ0n) is 17.1. The number of nitrogens with one attached hydrogen (secondary N) is 1. The summed E-state index contributed by atoms with van der Waals surface area (Å²) in [6, 6.07) is 4.68. The third kappa shape index (κ3) is 4.05. The van der Waals surface area contributed by atoms with Crippen LogP contribution in [-0.4, -0.2) is 44.2 Å². The van der Waals surface area contributed by atoms with Crippen molar-refractivity contribution in [2.75, 3.05) is 18.0 Å². The summed E-state index contributed by atoms with van der Waals surface area (Å²) in [6.45, 7) is 5.66. The minimum atomic E-state index is -0.466. The van der Waals surface area contributed by atoms with Crippen LogP contribution in [0.4, 0.5) is 10.2 Å². The molecule has 1 N–H and O–H groups in total. The Kier molecular flexibility index (Phi) is 5.52. The van der Waals surface area contributed by atoms with E-state index in [0.29, 0.717) is 30.3 Å². The fourth-order valence-electron chi connectivity index (χ4n) is 3.86. The van der Waals surface area contributed by atoms with Gasteiger partial charge in [0.15, 0.2) is 5.65 Å². The lowest BCUT2D eigenvalue weighted by molar-refractivity contribution is 0.0948. The molecule has 1 aliphatic heterocycles. The summed E-state index contributed by atoms with van der Waals surface area (Å²) in [6.07, 6.45) is 6.77. The summed E-state index contributed by atoms with van der Waals surface area (Å²) in [5, 5.41) is 7.10. The summed E-state index contributed by atoms with van der Waals surface area (Å²) in [7, 11) is 0. The van der Waals surface area contributed by atoms with Gasteiger partial charge >= 0.3 is 0 Å². The van der Waals surface area contributed by atoms with Crippen LogP contribution in [0.15, 0.2) is 41.6 Å². The normalized spacial score (nSPS) is 17.4. The lowest BCUT2D eigenvalue weighted by Gasteiger charge is -2.22. The lowest BCUT2D eigenvalue weighted by Crippen LogP contribution is -2.32. The second kappa shape index (κ2) is 8.25. The zero-order chi connectivity index (χ0) is 21.3. The smallest absolute Gasteiger partial charge is 0.256 e. The van der Waals surface area contributed by atoms with Gasteiger partial charge in [-0.15, -0.1) is 0 Å². The van der Waals surface area contributed by atoms with Crippen LogP contribution in [0.2, 0.25) is 0 Å². The van der Waals surface area contributed by atoms with Gasteiger partial charge in [0.2, 0.25) is 0 Å². The fraction of sp³-hybridized carbons (Fsp3) is 0.429. The van der Waals surface area contributed by atoms with Crippen molar-refractivity contribution in [3.63, 3.8) is 0 Å². The van der Waals surface area contributed by atoms with Crippen LogP contribution < -0.4 is 15.8 Å². The van der Waals surface area contributed by atoms with E-state index in [9.17, 15) is 14.0 Å². The number of hydrogen-bond acceptors (Lipinski definition) is 5. The molecule has 4 heterocycles. The molecular weight excluding hydrogens is 387 g/mol.